The van der Waals surface area contributed by atoms with Crippen molar-refractivity contribution in [3.05, 3.63) is 144 Å². The Morgan fingerprint density at radius 1 is 0.490 bits per heavy atom. The first-order valence-electron chi connectivity index (χ1n) is 17.1. The molecule has 49 heavy (non-hydrogen) atoms. The third-order valence-electron chi connectivity index (χ3n) is 9.39. The highest BCUT2D eigenvalue weighted by Crippen LogP contribution is 2.44. The maximum atomic E-state index is 6.86. The van der Waals surface area contributed by atoms with Crippen molar-refractivity contribution in [2.75, 3.05) is 13.2 Å². The quantitative estimate of drug-likeness (QED) is 0.151. The van der Waals surface area contributed by atoms with Crippen molar-refractivity contribution < 1.29 is 42.6 Å². The van der Waals surface area contributed by atoms with E-state index in [1.807, 2.05) is 121 Å². The molecule has 4 aliphatic rings. The van der Waals surface area contributed by atoms with Crippen LogP contribution in [0.5, 0.6) is 0 Å². The smallest absolute Gasteiger partial charge is 0.187 e. The molecule has 0 radical (unpaired) electrons. The molecule has 0 aromatic heterocycles. The number of rotatable bonds is 15. The van der Waals surface area contributed by atoms with E-state index in [0.29, 0.717) is 33.0 Å². The summed E-state index contributed by atoms with van der Waals surface area (Å²) in [6.45, 7) is 2.16. The van der Waals surface area contributed by atoms with Crippen LogP contribution in [-0.2, 0) is 69.1 Å². The Labute approximate surface area is 286 Å². The van der Waals surface area contributed by atoms with Gasteiger partial charge in [-0.3, -0.25) is 0 Å². The van der Waals surface area contributed by atoms with E-state index in [2.05, 4.69) is 0 Å². The standard InChI is InChI=1S/C40H42O9/c1-5-13-27(14-6-1)21-41-25-31-33(42-22-28-15-7-2-8-16-28)35(43-23-29-17-9-3-10-18-29)37(44-24-30-19-11-4-12-20-30)40(47-31)49-34-32-26-45-39(46-32)38-36(34)48-38/h1-20,31-40H,21-26H2/t31-,32-,33-,34-,35+,36+,37-,38+,39-,40-/m1/s1. The number of fused-ring (bicyclic) bond motifs is 4. The lowest BCUT2D eigenvalue weighted by molar-refractivity contribution is -0.342. The summed E-state index contributed by atoms with van der Waals surface area (Å²) >= 11 is 0. The summed E-state index contributed by atoms with van der Waals surface area (Å²) in [7, 11) is 0. The van der Waals surface area contributed by atoms with Crippen LogP contribution in [0, 0.1) is 0 Å². The van der Waals surface area contributed by atoms with Gasteiger partial charge in [0.05, 0.1) is 39.6 Å². The lowest BCUT2D eigenvalue weighted by Crippen LogP contribution is -2.63. The summed E-state index contributed by atoms with van der Waals surface area (Å²) in [6.07, 6.45) is -4.44. The molecule has 0 saturated carbocycles. The fraction of sp³-hybridized carbons (Fsp3) is 0.400. The van der Waals surface area contributed by atoms with E-state index in [4.69, 9.17) is 42.6 Å². The zero-order chi connectivity index (χ0) is 32.8. The van der Waals surface area contributed by atoms with Crippen LogP contribution >= 0.6 is 0 Å². The second-order valence-electron chi connectivity index (χ2n) is 12.9. The van der Waals surface area contributed by atoms with Gasteiger partial charge in [0.15, 0.2) is 12.6 Å². The van der Waals surface area contributed by atoms with Gasteiger partial charge in [0.1, 0.15) is 48.8 Å². The molecule has 4 aromatic rings. The molecule has 4 heterocycles. The Morgan fingerprint density at radius 2 is 1.00 bits per heavy atom. The molecular weight excluding hydrogens is 624 g/mol. The van der Waals surface area contributed by atoms with Crippen LogP contribution in [0.15, 0.2) is 121 Å². The summed E-state index contributed by atoms with van der Waals surface area (Å²) in [5.74, 6) is 0. The van der Waals surface area contributed by atoms with Crippen molar-refractivity contribution in [3.8, 4) is 0 Å². The van der Waals surface area contributed by atoms with Gasteiger partial charge in [-0.15, -0.1) is 0 Å². The van der Waals surface area contributed by atoms with E-state index < -0.39 is 30.7 Å². The Morgan fingerprint density at radius 3 is 1.57 bits per heavy atom. The van der Waals surface area contributed by atoms with Crippen LogP contribution in [0.2, 0.25) is 0 Å². The molecule has 4 fully saturated rings. The van der Waals surface area contributed by atoms with E-state index in [0.717, 1.165) is 22.3 Å². The first kappa shape index (κ1) is 32.7. The molecule has 0 aliphatic carbocycles. The minimum atomic E-state index is -0.831. The van der Waals surface area contributed by atoms with Crippen molar-refractivity contribution in [2.24, 2.45) is 0 Å². The Bertz CT molecular complexity index is 1580. The van der Waals surface area contributed by atoms with Crippen LogP contribution in [0.1, 0.15) is 22.3 Å². The van der Waals surface area contributed by atoms with Crippen LogP contribution in [0.25, 0.3) is 0 Å². The van der Waals surface area contributed by atoms with Crippen molar-refractivity contribution in [1.29, 1.82) is 0 Å². The SMILES string of the molecule is c1ccc(COC[C@H]2O[C@H](O[C@H]3[C@@H]4O[C@@H]4[C@@H]4OC[C@H]3O4)[C@H](OCc3ccccc3)[C@@H](OCc3ccccc3)[C@@H]2OCc2ccccc2)cc1. The van der Waals surface area contributed by atoms with Gasteiger partial charge in [0, 0.05) is 0 Å². The van der Waals surface area contributed by atoms with Gasteiger partial charge in [-0.25, -0.2) is 0 Å². The molecule has 9 heteroatoms. The number of benzene rings is 4. The number of hydrogen-bond acceptors (Lipinski definition) is 9. The first-order valence-corrected chi connectivity index (χ1v) is 17.1. The largest absolute Gasteiger partial charge is 0.374 e. The fourth-order valence-electron chi connectivity index (χ4n) is 6.79. The lowest BCUT2D eigenvalue weighted by atomic mass is 9.97. The summed E-state index contributed by atoms with van der Waals surface area (Å²) in [5.41, 5.74) is 4.18. The molecule has 0 unspecified atom stereocenters. The van der Waals surface area contributed by atoms with E-state index in [9.17, 15) is 0 Å². The highest BCUT2D eigenvalue weighted by atomic mass is 16.8. The van der Waals surface area contributed by atoms with Crippen LogP contribution < -0.4 is 0 Å². The normalized spacial score (nSPS) is 31.7. The zero-order valence-corrected chi connectivity index (χ0v) is 27.2. The molecule has 10 atom stereocenters. The van der Waals surface area contributed by atoms with Gasteiger partial charge in [0.25, 0.3) is 0 Å². The Hall–Kier alpha value is -3.48. The maximum Gasteiger partial charge on any atom is 0.187 e. The lowest BCUT2D eigenvalue weighted by Gasteiger charge is -2.47. The third-order valence-corrected chi connectivity index (χ3v) is 9.39. The predicted octanol–water partition coefficient (Wildman–Crippen LogP) is 5.59. The molecule has 256 valence electrons. The van der Waals surface area contributed by atoms with Gasteiger partial charge >= 0.3 is 0 Å². The van der Waals surface area contributed by atoms with Crippen molar-refractivity contribution in [3.63, 3.8) is 0 Å². The van der Waals surface area contributed by atoms with Gasteiger partial charge in [-0.2, -0.15) is 0 Å². The van der Waals surface area contributed by atoms with E-state index in [1.54, 1.807) is 0 Å². The van der Waals surface area contributed by atoms with E-state index >= 15 is 0 Å². The highest BCUT2D eigenvalue weighted by molar-refractivity contribution is 5.17. The molecule has 2 bridgehead atoms. The number of epoxide rings is 1. The molecule has 0 spiro atoms. The molecule has 4 aliphatic heterocycles. The molecule has 0 amide bonds. The number of ether oxygens (including phenoxy) is 9. The average molecular weight is 667 g/mol. The molecule has 4 saturated heterocycles. The van der Waals surface area contributed by atoms with Crippen LogP contribution in [0.3, 0.4) is 0 Å². The highest BCUT2D eigenvalue weighted by Gasteiger charge is 2.63. The Balaban J connectivity index is 1.10. The minimum Gasteiger partial charge on any atom is -0.374 e. The van der Waals surface area contributed by atoms with Crippen molar-refractivity contribution in [1.82, 2.24) is 0 Å². The van der Waals surface area contributed by atoms with Gasteiger partial charge in [-0.05, 0) is 22.3 Å². The second-order valence-corrected chi connectivity index (χ2v) is 12.9. The summed E-state index contributed by atoms with van der Waals surface area (Å²) < 4.78 is 58.2. The first-order chi connectivity index (χ1) is 24.3. The Kier molecular flexibility index (Phi) is 10.4. The van der Waals surface area contributed by atoms with Gasteiger partial charge in [0.2, 0.25) is 0 Å². The maximum absolute atomic E-state index is 6.86. The summed E-state index contributed by atoms with van der Waals surface area (Å²) in [5, 5.41) is 0. The van der Waals surface area contributed by atoms with Crippen LogP contribution in [-0.4, -0.2) is 74.6 Å². The topological polar surface area (TPSA) is 86.4 Å². The van der Waals surface area contributed by atoms with Crippen LogP contribution in [0.4, 0.5) is 0 Å². The van der Waals surface area contributed by atoms with Gasteiger partial charge in [-0.1, -0.05) is 121 Å². The third kappa shape index (κ3) is 7.97. The predicted molar refractivity (Wildman–Crippen MR) is 178 cm³/mol. The molecular formula is C40H42O9. The molecule has 9 nitrogen and oxygen atoms in total. The zero-order valence-electron chi connectivity index (χ0n) is 27.2. The molecule has 0 N–H and O–H groups in total. The van der Waals surface area contributed by atoms with Crippen molar-refractivity contribution in [2.45, 2.75) is 87.8 Å². The molecule has 4 aromatic carbocycles. The summed E-state index contributed by atoms with van der Waals surface area (Å²) in [6, 6.07) is 40.4. The fourth-order valence-corrected chi connectivity index (χ4v) is 6.79. The second kappa shape index (κ2) is 15.6. The van der Waals surface area contributed by atoms with Crippen molar-refractivity contribution >= 4 is 0 Å². The van der Waals surface area contributed by atoms with E-state index in [1.165, 1.54) is 0 Å². The summed E-state index contributed by atoms with van der Waals surface area (Å²) in [4.78, 5) is 0. The number of hydrogen-bond donors (Lipinski definition) is 0. The minimum absolute atomic E-state index is 0.131. The molecule has 8 rings (SSSR count). The van der Waals surface area contributed by atoms with E-state index in [-0.39, 0.29) is 37.3 Å². The average Bonchev–Trinajstić information content (AvgIpc) is 3.85. The van der Waals surface area contributed by atoms with Gasteiger partial charge < -0.3 is 42.6 Å². The monoisotopic (exact) mass is 666 g/mol.